The van der Waals surface area contributed by atoms with Crippen LogP contribution in [0.15, 0.2) is 54.6 Å². The summed E-state index contributed by atoms with van der Waals surface area (Å²) in [6, 6.07) is 19.9. The third-order valence-corrected chi connectivity index (χ3v) is 4.13. The Balaban J connectivity index is 1.91. The fourth-order valence-electron chi connectivity index (χ4n) is 2.95. The molecule has 0 aliphatic rings. The van der Waals surface area contributed by atoms with Gasteiger partial charge in [-0.1, -0.05) is 94.1 Å². The molecular weight excluding hydrogens is 252 g/mol. The van der Waals surface area contributed by atoms with E-state index in [1.807, 2.05) is 0 Å². The fourth-order valence-corrected chi connectivity index (χ4v) is 2.95. The molecule has 2 aromatic rings. The molecule has 0 N–H and O–H groups in total. The van der Waals surface area contributed by atoms with E-state index in [-0.39, 0.29) is 0 Å². The molecule has 0 radical (unpaired) electrons. The Morgan fingerprint density at radius 2 is 1.52 bits per heavy atom. The van der Waals surface area contributed by atoms with E-state index in [0.717, 1.165) is 12.3 Å². The third-order valence-electron chi connectivity index (χ3n) is 4.13. The predicted molar refractivity (Wildman–Crippen MR) is 92.7 cm³/mol. The molecule has 0 amide bonds. The SMILES string of the molecule is CCCCCC(C)Cc1cccc(Cc2ccccc2)c1. The largest absolute Gasteiger partial charge is 0.0654 e. The monoisotopic (exact) mass is 280 g/mol. The molecule has 0 saturated heterocycles. The molecule has 0 spiro atoms. The van der Waals surface area contributed by atoms with E-state index in [9.17, 15) is 0 Å². The minimum atomic E-state index is 0.795. The van der Waals surface area contributed by atoms with E-state index in [1.165, 1.54) is 48.8 Å². The maximum absolute atomic E-state index is 2.39. The van der Waals surface area contributed by atoms with Crippen molar-refractivity contribution in [1.82, 2.24) is 0 Å². The summed E-state index contributed by atoms with van der Waals surface area (Å²) in [5.41, 5.74) is 4.32. The van der Waals surface area contributed by atoms with E-state index in [4.69, 9.17) is 0 Å². The van der Waals surface area contributed by atoms with Gasteiger partial charge in [-0.25, -0.2) is 0 Å². The van der Waals surface area contributed by atoms with Crippen molar-refractivity contribution in [2.45, 2.75) is 52.4 Å². The lowest BCUT2D eigenvalue weighted by atomic mass is 9.94. The first-order valence-electron chi connectivity index (χ1n) is 8.39. The standard InChI is InChI=1S/C21H28/c1-3-4-6-10-18(2)15-20-13-9-14-21(17-20)16-19-11-7-5-8-12-19/h5,7-9,11-14,17-18H,3-4,6,10,15-16H2,1-2H3. The minimum Gasteiger partial charge on any atom is -0.0654 e. The van der Waals surface area contributed by atoms with Gasteiger partial charge in [0.2, 0.25) is 0 Å². The van der Waals surface area contributed by atoms with Gasteiger partial charge in [0.15, 0.2) is 0 Å². The molecule has 0 bridgehead atoms. The fraction of sp³-hybridized carbons (Fsp3) is 0.429. The van der Waals surface area contributed by atoms with E-state index < -0.39 is 0 Å². The first-order chi connectivity index (χ1) is 10.3. The molecule has 2 rings (SSSR count). The molecule has 112 valence electrons. The van der Waals surface area contributed by atoms with Crippen LogP contribution in [0.2, 0.25) is 0 Å². The van der Waals surface area contributed by atoms with Gasteiger partial charge in [-0.2, -0.15) is 0 Å². The Morgan fingerprint density at radius 1 is 0.810 bits per heavy atom. The highest BCUT2D eigenvalue weighted by molar-refractivity contribution is 5.29. The van der Waals surface area contributed by atoms with Crippen LogP contribution < -0.4 is 0 Å². The quantitative estimate of drug-likeness (QED) is 0.517. The van der Waals surface area contributed by atoms with Gasteiger partial charge >= 0.3 is 0 Å². The van der Waals surface area contributed by atoms with Crippen LogP contribution in [0.5, 0.6) is 0 Å². The summed E-state index contributed by atoms with van der Waals surface area (Å²) in [6.45, 7) is 4.66. The van der Waals surface area contributed by atoms with Crippen molar-refractivity contribution >= 4 is 0 Å². The Bertz CT molecular complexity index is 513. The Morgan fingerprint density at radius 3 is 2.29 bits per heavy atom. The molecule has 1 unspecified atom stereocenters. The number of benzene rings is 2. The molecule has 21 heavy (non-hydrogen) atoms. The second-order valence-electron chi connectivity index (χ2n) is 6.29. The second-order valence-corrected chi connectivity index (χ2v) is 6.29. The van der Waals surface area contributed by atoms with E-state index in [2.05, 4.69) is 68.4 Å². The van der Waals surface area contributed by atoms with Gasteiger partial charge in [-0.05, 0) is 35.4 Å². The maximum atomic E-state index is 2.39. The highest BCUT2D eigenvalue weighted by Gasteiger charge is 2.05. The number of rotatable bonds is 8. The smallest absolute Gasteiger partial charge is 0.00257 e. The molecule has 0 saturated carbocycles. The summed E-state index contributed by atoms with van der Waals surface area (Å²) < 4.78 is 0. The number of hydrogen-bond donors (Lipinski definition) is 0. The average molecular weight is 280 g/mol. The van der Waals surface area contributed by atoms with Gasteiger partial charge < -0.3 is 0 Å². The van der Waals surface area contributed by atoms with Crippen LogP contribution in [0.3, 0.4) is 0 Å². The number of unbranched alkanes of at least 4 members (excludes halogenated alkanes) is 2. The van der Waals surface area contributed by atoms with Crippen LogP contribution in [-0.4, -0.2) is 0 Å². The highest BCUT2D eigenvalue weighted by atomic mass is 14.1. The molecule has 0 aromatic heterocycles. The zero-order valence-electron chi connectivity index (χ0n) is 13.5. The van der Waals surface area contributed by atoms with Crippen LogP contribution in [0.1, 0.15) is 56.2 Å². The van der Waals surface area contributed by atoms with Crippen LogP contribution in [0.4, 0.5) is 0 Å². The van der Waals surface area contributed by atoms with Crippen LogP contribution >= 0.6 is 0 Å². The summed E-state index contributed by atoms with van der Waals surface area (Å²) in [6.07, 6.45) is 7.68. The molecule has 0 fully saturated rings. The zero-order valence-corrected chi connectivity index (χ0v) is 13.5. The first-order valence-corrected chi connectivity index (χ1v) is 8.39. The summed E-state index contributed by atoms with van der Waals surface area (Å²) in [5.74, 6) is 0.795. The van der Waals surface area contributed by atoms with E-state index in [0.29, 0.717) is 0 Å². The third kappa shape index (κ3) is 5.75. The molecule has 0 heterocycles. The predicted octanol–water partition coefficient (Wildman–Crippen LogP) is 6.04. The molecule has 0 aliphatic carbocycles. The molecular formula is C21H28. The van der Waals surface area contributed by atoms with Crippen molar-refractivity contribution in [2.75, 3.05) is 0 Å². The highest BCUT2D eigenvalue weighted by Crippen LogP contribution is 2.18. The lowest BCUT2D eigenvalue weighted by molar-refractivity contribution is 0.493. The van der Waals surface area contributed by atoms with Crippen LogP contribution in [0.25, 0.3) is 0 Å². The van der Waals surface area contributed by atoms with Crippen molar-refractivity contribution in [3.63, 3.8) is 0 Å². The number of hydrogen-bond acceptors (Lipinski definition) is 0. The van der Waals surface area contributed by atoms with Gasteiger partial charge in [0.1, 0.15) is 0 Å². The summed E-state index contributed by atoms with van der Waals surface area (Å²) >= 11 is 0. The summed E-state index contributed by atoms with van der Waals surface area (Å²) in [7, 11) is 0. The Kier molecular flexibility index (Phi) is 6.53. The van der Waals surface area contributed by atoms with Gasteiger partial charge in [0.05, 0.1) is 0 Å². The lowest BCUT2D eigenvalue weighted by Crippen LogP contribution is -2.00. The summed E-state index contributed by atoms with van der Waals surface area (Å²) in [4.78, 5) is 0. The summed E-state index contributed by atoms with van der Waals surface area (Å²) in [5, 5.41) is 0. The second kappa shape index (κ2) is 8.67. The maximum Gasteiger partial charge on any atom is -0.00257 e. The van der Waals surface area contributed by atoms with Crippen molar-refractivity contribution in [1.29, 1.82) is 0 Å². The Labute approximate surface area is 130 Å². The molecule has 0 heteroatoms. The van der Waals surface area contributed by atoms with Gasteiger partial charge in [0, 0.05) is 0 Å². The van der Waals surface area contributed by atoms with Crippen molar-refractivity contribution in [3.8, 4) is 0 Å². The van der Waals surface area contributed by atoms with Crippen LogP contribution in [0, 0.1) is 5.92 Å². The van der Waals surface area contributed by atoms with Crippen molar-refractivity contribution in [2.24, 2.45) is 5.92 Å². The molecule has 0 nitrogen and oxygen atoms in total. The lowest BCUT2D eigenvalue weighted by Gasteiger charge is -2.12. The zero-order chi connectivity index (χ0) is 14.9. The van der Waals surface area contributed by atoms with E-state index in [1.54, 1.807) is 0 Å². The van der Waals surface area contributed by atoms with Crippen LogP contribution in [-0.2, 0) is 12.8 Å². The van der Waals surface area contributed by atoms with Crippen molar-refractivity contribution < 1.29 is 0 Å². The van der Waals surface area contributed by atoms with Gasteiger partial charge in [-0.3, -0.25) is 0 Å². The van der Waals surface area contributed by atoms with Crippen molar-refractivity contribution in [3.05, 3.63) is 71.3 Å². The normalized spacial score (nSPS) is 12.3. The van der Waals surface area contributed by atoms with E-state index >= 15 is 0 Å². The molecule has 0 aliphatic heterocycles. The van der Waals surface area contributed by atoms with Gasteiger partial charge in [0.25, 0.3) is 0 Å². The first kappa shape index (κ1) is 15.8. The Hall–Kier alpha value is -1.56. The minimum absolute atomic E-state index is 0.795. The molecule has 1 atom stereocenters. The topological polar surface area (TPSA) is 0 Å². The molecule has 2 aromatic carbocycles. The van der Waals surface area contributed by atoms with Gasteiger partial charge in [-0.15, -0.1) is 0 Å². The average Bonchev–Trinajstić information content (AvgIpc) is 2.49.